The zero-order valence-electron chi connectivity index (χ0n) is 21.0. The lowest BCUT2D eigenvalue weighted by Crippen LogP contribution is -2.48. The second kappa shape index (κ2) is 14.6. The van der Waals surface area contributed by atoms with Gasteiger partial charge in [-0.25, -0.2) is 8.78 Å². The van der Waals surface area contributed by atoms with Gasteiger partial charge in [0.2, 0.25) is 18.7 Å². The Morgan fingerprint density at radius 1 is 1.03 bits per heavy atom. The molecule has 0 aliphatic carbocycles. The molecule has 1 aliphatic heterocycles. The first-order valence-electron chi connectivity index (χ1n) is 12.0. The first-order chi connectivity index (χ1) is 18.8. The van der Waals surface area contributed by atoms with Crippen molar-refractivity contribution in [2.24, 2.45) is 5.73 Å². The van der Waals surface area contributed by atoms with E-state index in [2.05, 4.69) is 10.6 Å². The largest absolute Gasteiger partial charge is 0.457 e. The summed E-state index contributed by atoms with van der Waals surface area (Å²) in [5.74, 6) is 0.350. The minimum atomic E-state index is -1.75. The number of nitrogens with two attached hydrogens (primary N) is 1. The highest BCUT2D eigenvalue weighted by Crippen LogP contribution is 2.21. The second-order valence-corrected chi connectivity index (χ2v) is 9.40. The van der Waals surface area contributed by atoms with Gasteiger partial charge in [-0.1, -0.05) is 18.2 Å². The van der Waals surface area contributed by atoms with E-state index in [0.29, 0.717) is 48.6 Å². The third-order valence-corrected chi connectivity index (χ3v) is 6.71. The van der Waals surface area contributed by atoms with Crippen LogP contribution in [0.1, 0.15) is 33.6 Å². The zero-order chi connectivity index (χ0) is 28.2. The number of para-hydroxylation sites is 1. The molecule has 0 spiro atoms. The van der Waals surface area contributed by atoms with Crippen LogP contribution in [0.3, 0.4) is 0 Å². The highest BCUT2D eigenvalue weighted by Gasteiger charge is 2.33. The summed E-state index contributed by atoms with van der Waals surface area (Å²) in [6.45, 7) is -1.18. The van der Waals surface area contributed by atoms with Crippen molar-refractivity contribution in [1.82, 2.24) is 15.5 Å². The quantitative estimate of drug-likeness (QED) is 0.235. The molecule has 2 heterocycles. The van der Waals surface area contributed by atoms with Gasteiger partial charge in [-0.15, -0.1) is 11.3 Å². The molecule has 4 rings (SSSR count). The van der Waals surface area contributed by atoms with Crippen molar-refractivity contribution in [3.63, 3.8) is 0 Å². The topological polar surface area (TPSA) is 138 Å². The Bertz CT molecular complexity index is 1270. The molecule has 12 heteroatoms. The van der Waals surface area contributed by atoms with Crippen LogP contribution in [0.25, 0.3) is 0 Å². The molecule has 1 fully saturated rings. The first kappa shape index (κ1) is 29.2. The molecule has 0 bridgehead atoms. The third-order valence-electron chi connectivity index (χ3n) is 5.77. The molecule has 39 heavy (non-hydrogen) atoms. The van der Waals surface area contributed by atoms with Gasteiger partial charge in [-0.3, -0.25) is 19.8 Å². The van der Waals surface area contributed by atoms with Crippen molar-refractivity contribution in [2.45, 2.75) is 25.4 Å². The minimum Gasteiger partial charge on any atom is -0.457 e. The number of amides is 3. The van der Waals surface area contributed by atoms with E-state index in [1.54, 1.807) is 35.7 Å². The van der Waals surface area contributed by atoms with Crippen LogP contribution in [-0.2, 0) is 16.1 Å². The van der Waals surface area contributed by atoms with Crippen molar-refractivity contribution in [3.05, 3.63) is 82.0 Å². The van der Waals surface area contributed by atoms with Crippen molar-refractivity contribution < 1.29 is 27.9 Å². The maximum absolute atomic E-state index is 12.8. The first-order valence-corrected chi connectivity index (χ1v) is 12.9. The van der Waals surface area contributed by atoms with Crippen LogP contribution >= 0.6 is 11.3 Å². The molecule has 3 amide bonds. The highest BCUT2D eigenvalue weighted by molar-refractivity contribution is 7.10. The van der Waals surface area contributed by atoms with Gasteiger partial charge in [0.1, 0.15) is 23.4 Å². The van der Waals surface area contributed by atoms with Gasteiger partial charge in [-0.2, -0.15) is 0 Å². The molecule has 2 aromatic carbocycles. The number of amidine groups is 1. The van der Waals surface area contributed by atoms with Gasteiger partial charge in [0.25, 0.3) is 5.91 Å². The van der Waals surface area contributed by atoms with E-state index in [4.69, 9.17) is 15.9 Å². The summed E-state index contributed by atoms with van der Waals surface area (Å²) in [7, 11) is 0. The third kappa shape index (κ3) is 8.60. The summed E-state index contributed by atoms with van der Waals surface area (Å²) < 4.78 is 25.0. The Morgan fingerprint density at radius 3 is 2.33 bits per heavy atom. The lowest BCUT2D eigenvalue weighted by Gasteiger charge is -2.24. The van der Waals surface area contributed by atoms with Crippen LogP contribution in [0.4, 0.5) is 8.78 Å². The average molecular weight is 558 g/mol. The van der Waals surface area contributed by atoms with Gasteiger partial charge in [0.05, 0.1) is 13.1 Å². The predicted molar refractivity (Wildman–Crippen MR) is 144 cm³/mol. The number of hydrogen-bond donors (Lipinski definition) is 4. The summed E-state index contributed by atoms with van der Waals surface area (Å²) in [6.07, 6.45) is 1.28. The van der Waals surface area contributed by atoms with Crippen LogP contribution in [0.5, 0.6) is 11.5 Å². The molecular weight excluding hydrogens is 528 g/mol. The molecule has 9 nitrogen and oxygen atoms in total. The summed E-state index contributed by atoms with van der Waals surface area (Å²) in [5.41, 5.74) is 6.50. The fraction of sp³-hybridized carbons (Fsp3) is 0.259. The summed E-state index contributed by atoms with van der Waals surface area (Å²) in [5, 5.41) is 14.7. The summed E-state index contributed by atoms with van der Waals surface area (Å²) >= 11 is 1.41. The number of nitrogens with one attached hydrogen (secondary N) is 3. The molecule has 3 aromatic rings. The fourth-order valence-corrected chi connectivity index (χ4v) is 4.73. The van der Waals surface area contributed by atoms with Gasteiger partial charge < -0.3 is 26.0 Å². The monoisotopic (exact) mass is 557 g/mol. The number of rotatable bonds is 9. The summed E-state index contributed by atoms with van der Waals surface area (Å²) in [4.78, 5) is 40.4. The second-order valence-electron chi connectivity index (χ2n) is 8.40. The Kier molecular flexibility index (Phi) is 10.9. The number of carbonyl (C=O) groups is 3. The van der Waals surface area contributed by atoms with Crippen LogP contribution < -0.4 is 21.1 Å². The Labute approximate surface area is 228 Å². The maximum atomic E-state index is 12.8. The van der Waals surface area contributed by atoms with E-state index in [1.165, 1.54) is 16.2 Å². The molecule has 1 atom stereocenters. The Hall–Kier alpha value is -4.32. The molecule has 1 unspecified atom stereocenters. The van der Waals surface area contributed by atoms with Crippen molar-refractivity contribution in [3.8, 4) is 11.5 Å². The number of thiophene rings is 1. The number of benzene rings is 2. The van der Waals surface area contributed by atoms with Crippen molar-refractivity contribution >= 4 is 34.9 Å². The van der Waals surface area contributed by atoms with E-state index < -0.39 is 13.0 Å². The number of hydrogen-bond acceptors (Lipinski definition) is 6. The molecule has 1 aliphatic rings. The molecular formula is C27H29F2N5O4S. The van der Waals surface area contributed by atoms with Crippen LogP contribution in [-0.4, -0.2) is 54.5 Å². The van der Waals surface area contributed by atoms with Crippen molar-refractivity contribution in [1.29, 1.82) is 5.41 Å². The smallest absolute Gasteiger partial charge is 0.251 e. The summed E-state index contributed by atoms with van der Waals surface area (Å²) in [6, 6.07) is 17.2. The number of carbonyl (C=O) groups excluding carboxylic acids is 3. The predicted octanol–water partition coefficient (Wildman–Crippen LogP) is 3.74. The van der Waals surface area contributed by atoms with E-state index in [0.717, 1.165) is 4.88 Å². The van der Waals surface area contributed by atoms with Crippen LogP contribution in [0, 0.1) is 5.41 Å². The minimum absolute atomic E-state index is 0.0186. The Balaban J connectivity index is 0.00000134. The van der Waals surface area contributed by atoms with E-state index in [9.17, 15) is 23.2 Å². The number of alkyl halides is 2. The molecule has 1 saturated heterocycles. The average Bonchev–Trinajstić information content (AvgIpc) is 3.62. The van der Waals surface area contributed by atoms with Crippen molar-refractivity contribution in [2.75, 3.05) is 20.0 Å². The van der Waals surface area contributed by atoms with Gasteiger partial charge in [0.15, 0.2) is 0 Å². The van der Waals surface area contributed by atoms with Crippen LogP contribution in [0.15, 0.2) is 66.0 Å². The van der Waals surface area contributed by atoms with Gasteiger partial charge in [0, 0.05) is 27.9 Å². The van der Waals surface area contributed by atoms with E-state index >= 15 is 0 Å². The molecule has 0 saturated carbocycles. The van der Waals surface area contributed by atoms with Gasteiger partial charge in [-0.05, 0) is 55.3 Å². The lowest BCUT2D eigenvalue weighted by molar-refractivity contribution is -0.137. The Morgan fingerprint density at radius 2 is 1.69 bits per heavy atom. The van der Waals surface area contributed by atoms with E-state index in [1.807, 2.05) is 30.3 Å². The lowest BCUT2D eigenvalue weighted by atomic mass is 10.2. The number of ether oxygens (including phenoxy) is 1. The fourth-order valence-electron chi connectivity index (χ4n) is 3.90. The zero-order valence-corrected chi connectivity index (χ0v) is 21.8. The number of likely N-dealkylation sites (tertiary alicyclic amines) is 1. The standard InChI is InChI=1S/C26H27N5O4S.CH2F2/c27-24(28)18-13-21(36-16-18)14-29-26(34)22-7-4-12-31(22)23(32)15-30-25(33)17-8-10-20(11-9-17)35-19-5-2-1-3-6-19;2-1-3/h1-3,5-6,8-11,13,16,22H,4,7,12,14-15H2,(H3,27,28)(H,29,34)(H,30,33);1H2. The normalized spacial score (nSPS) is 14.1. The van der Waals surface area contributed by atoms with Crippen LogP contribution in [0.2, 0.25) is 0 Å². The van der Waals surface area contributed by atoms with Gasteiger partial charge >= 0.3 is 0 Å². The molecule has 206 valence electrons. The highest BCUT2D eigenvalue weighted by atomic mass is 32.1. The molecule has 1 aromatic heterocycles. The number of nitrogens with zero attached hydrogens (tertiary/aromatic N) is 1. The number of nitrogen functional groups attached to an aromatic ring is 1. The molecule has 5 N–H and O–H groups in total. The maximum Gasteiger partial charge on any atom is 0.251 e. The number of halogens is 2. The molecule has 0 radical (unpaired) electrons. The van der Waals surface area contributed by atoms with E-state index in [-0.39, 0.29) is 30.1 Å². The SMILES string of the molecule is FCF.N=C(N)c1csc(CNC(=O)C2CCCN2C(=O)CNC(=O)c2ccc(Oc3ccccc3)cc2)c1.